The topological polar surface area (TPSA) is 75.4 Å². The summed E-state index contributed by atoms with van der Waals surface area (Å²) >= 11 is 0. The number of benzene rings is 4. The van der Waals surface area contributed by atoms with E-state index in [0.29, 0.717) is 24.2 Å². The molecule has 1 N–H and O–H groups in total. The van der Waals surface area contributed by atoms with Crippen molar-refractivity contribution in [3.63, 3.8) is 0 Å². The molecule has 0 aliphatic rings. The molecule has 0 saturated heterocycles. The highest BCUT2D eigenvalue weighted by Crippen LogP contribution is 2.25. The molecule has 0 unspecified atom stereocenters. The molecule has 0 radical (unpaired) electrons. The van der Waals surface area contributed by atoms with Gasteiger partial charge in [0.05, 0.1) is 28.7 Å². The maximum atomic E-state index is 14.1. The Hall–Kier alpha value is -4.97. The Morgan fingerprint density at radius 3 is 2.12 bits per heavy atom. The molecule has 0 bridgehead atoms. The van der Waals surface area contributed by atoms with Gasteiger partial charge >= 0.3 is 5.97 Å². The maximum absolute atomic E-state index is 14.1. The van der Waals surface area contributed by atoms with Crippen molar-refractivity contribution in [1.29, 1.82) is 0 Å². The molecule has 0 spiro atoms. The third-order valence-electron chi connectivity index (χ3n) is 7.41. The third kappa shape index (κ3) is 6.66. The van der Waals surface area contributed by atoms with Crippen molar-refractivity contribution in [2.24, 2.45) is 0 Å². The summed E-state index contributed by atoms with van der Waals surface area (Å²) in [7, 11) is 0. The van der Waals surface area contributed by atoms with Gasteiger partial charge in [0.2, 0.25) is 0 Å². The van der Waals surface area contributed by atoms with Crippen molar-refractivity contribution in [3.8, 4) is 16.8 Å². The summed E-state index contributed by atoms with van der Waals surface area (Å²) in [5, 5.41) is 14.3. The van der Waals surface area contributed by atoms with Gasteiger partial charge in [-0.2, -0.15) is 5.10 Å². The molecule has 0 atom stereocenters. The van der Waals surface area contributed by atoms with Crippen molar-refractivity contribution < 1.29 is 14.7 Å². The summed E-state index contributed by atoms with van der Waals surface area (Å²) in [5.74, 6) is -0.988. The van der Waals surface area contributed by atoms with Gasteiger partial charge in [-0.15, -0.1) is 0 Å². The number of carboxylic acids is 1. The van der Waals surface area contributed by atoms with Crippen molar-refractivity contribution in [3.05, 3.63) is 143 Å². The molecule has 5 aromatic rings. The molecule has 212 valence electrons. The van der Waals surface area contributed by atoms with Gasteiger partial charge in [0.25, 0.3) is 5.91 Å². The van der Waals surface area contributed by atoms with Gasteiger partial charge in [-0.05, 0) is 59.7 Å². The molecule has 1 heterocycles. The predicted molar refractivity (Wildman–Crippen MR) is 166 cm³/mol. The molecule has 0 aliphatic heterocycles. The Balaban J connectivity index is 1.42. The standard InChI is InChI=1S/C36H35N3O3/c1-2-12-34-33(25-37-39(34)30-16-7-4-8-17-30)35(40)38(24-11-15-27-13-5-3-6-14-27)26-28-20-22-29(23-21-28)31-18-9-10-19-32(31)36(41)42/h3-10,13-14,16-23,25H,2,11-12,15,24,26H2,1H3,(H,41,42). The van der Waals surface area contributed by atoms with Gasteiger partial charge in [-0.3, -0.25) is 4.79 Å². The monoisotopic (exact) mass is 557 g/mol. The Morgan fingerprint density at radius 2 is 1.43 bits per heavy atom. The van der Waals surface area contributed by atoms with Crippen LogP contribution in [0.2, 0.25) is 0 Å². The first-order valence-corrected chi connectivity index (χ1v) is 14.4. The van der Waals surface area contributed by atoms with E-state index < -0.39 is 5.97 Å². The summed E-state index contributed by atoms with van der Waals surface area (Å²) in [6.45, 7) is 3.15. The molecule has 5 rings (SSSR count). The number of aromatic nitrogens is 2. The molecule has 6 heteroatoms. The van der Waals surface area contributed by atoms with Crippen molar-refractivity contribution >= 4 is 11.9 Å². The highest BCUT2D eigenvalue weighted by molar-refractivity contribution is 5.96. The van der Waals surface area contributed by atoms with Crippen LogP contribution >= 0.6 is 0 Å². The van der Waals surface area contributed by atoms with Crippen LogP contribution < -0.4 is 0 Å². The minimum Gasteiger partial charge on any atom is -0.478 e. The first-order valence-electron chi connectivity index (χ1n) is 14.4. The molecule has 0 saturated carbocycles. The van der Waals surface area contributed by atoms with Crippen LogP contribution in [-0.4, -0.2) is 38.2 Å². The van der Waals surface area contributed by atoms with E-state index in [4.69, 9.17) is 0 Å². The van der Waals surface area contributed by atoms with Crippen molar-refractivity contribution in [1.82, 2.24) is 14.7 Å². The summed E-state index contributed by atoms with van der Waals surface area (Å²) in [6.07, 6.45) is 5.05. The number of carbonyl (C=O) groups excluding carboxylic acids is 1. The number of amides is 1. The summed E-state index contributed by atoms with van der Waals surface area (Å²) in [5.41, 5.74) is 6.48. The average Bonchev–Trinajstić information content (AvgIpc) is 3.45. The van der Waals surface area contributed by atoms with E-state index in [1.807, 2.05) is 94.5 Å². The van der Waals surface area contributed by atoms with Crippen LogP contribution in [0.1, 0.15) is 57.3 Å². The van der Waals surface area contributed by atoms with Crippen LogP contribution in [0.4, 0.5) is 0 Å². The van der Waals surface area contributed by atoms with E-state index in [2.05, 4.69) is 24.2 Å². The normalized spacial score (nSPS) is 10.9. The summed E-state index contributed by atoms with van der Waals surface area (Å²) in [4.78, 5) is 27.8. The molecule has 1 aromatic heterocycles. The number of aryl methyl sites for hydroxylation is 1. The molecule has 4 aromatic carbocycles. The second-order valence-electron chi connectivity index (χ2n) is 10.4. The zero-order valence-electron chi connectivity index (χ0n) is 23.8. The quantitative estimate of drug-likeness (QED) is 0.173. The Morgan fingerprint density at radius 1 is 0.762 bits per heavy atom. The van der Waals surface area contributed by atoms with E-state index in [-0.39, 0.29) is 11.5 Å². The second kappa shape index (κ2) is 13.6. The lowest BCUT2D eigenvalue weighted by atomic mass is 9.98. The van der Waals surface area contributed by atoms with Crippen LogP contribution in [0, 0.1) is 0 Å². The fraction of sp³-hybridized carbons (Fsp3) is 0.194. The minimum atomic E-state index is -0.955. The highest BCUT2D eigenvalue weighted by Gasteiger charge is 2.23. The number of carbonyl (C=O) groups is 2. The summed E-state index contributed by atoms with van der Waals surface area (Å²) in [6, 6.07) is 35.1. The molecular weight excluding hydrogens is 522 g/mol. The number of carboxylic acid groups (broad SMARTS) is 1. The molecule has 42 heavy (non-hydrogen) atoms. The van der Waals surface area contributed by atoms with Crippen LogP contribution in [0.5, 0.6) is 0 Å². The van der Waals surface area contributed by atoms with E-state index in [9.17, 15) is 14.7 Å². The van der Waals surface area contributed by atoms with E-state index in [1.165, 1.54) is 5.56 Å². The first-order chi connectivity index (χ1) is 20.5. The number of rotatable bonds is 12. The van der Waals surface area contributed by atoms with Gasteiger partial charge in [-0.1, -0.05) is 104 Å². The van der Waals surface area contributed by atoms with Gasteiger partial charge < -0.3 is 10.0 Å². The van der Waals surface area contributed by atoms with Crippen LogP contribution in [0.3, 0.4) is 0 Å². The van der Waals surface area contributed by atoms with Gasteiger partial charge in [0.15, 0.2) is 0 Å². The summed E-state index contributed by atoms with van der Waals surface area (Å²) < 4.78 is 1.88. The molecule has 0 fully saturated rings. The lowest BCUT2D eigenvalue weighted by molar-refractivity contribution is 0.0696. The molecule has 1 amide bonds. The average molecular weight is 558 g/mol. The number of nitrogens with zero attached hydrogens (tertiary/aromatic N) is 3. The zero-order valence-corrected chi connectivity index (χ0v) is 23.8. The van der Waals surface area contributed by atoms with Crippen LogP contribution in [0.25, 0.3) is 16.8 Å². The largest absolute Gasteiger partial charge is 0.478 e. The van der Waals surface area contributed by atoms with Gasteiger partial charge in [0.1, 0.15) is 0 Å². The highest BCUT2D eigenvalue weighted by atomic mass is 16.4. The van der Waals surface area contributed by atoms with Crippen molar-refractivity contribution in [2.45, 2.75) is 39.2 Å². The zero-order chi connectivity index (χ0) is 29.3. The van der Waals surface area contributed by atoms with E-state index in [1.54, 1.807) is 18.3 Å². The van der Waals surface area contributed by atoms with Gasteiger partial charge in [-0.25, -0.2) is 9.48 Å². The molecular formula is C36H35N3O3. The van der Waals surface area contributed by atoms with Gasteiger partial charge in [0, 0.05) is 13.1 Å². The lowest BCUT2D eigenvalue weighted by Crippen LogP contribution is -2.32. The first kappa shape index (κ1) is 28.6. The Bertz CT molecular complexity index is 1630. The maximum Gasteiger partial charge on any atom is 0.336 e. The minimum absolute atomic E-state index is 0.0333. The van der Waals surface area contributed by atoms with Crippen LogP contribution in [0.15, 0.2) is 115 Å². The number of aromatic carboxylic acids is 1. The predicted octanol–water partition coefficient (Wildman–Crippen LogP) is 7.47. The fourth-order valence-corrected chi connectivity index (χ4v) is 5.29. The number of hydrogen-bond acceptors (Lipinski definition) is 3. The molecule has 0 aliphatic carbocycles. The van der Waals surface area contributed by atoms with E-state index in [0.717, 1.165) is 48.2 Å². The van der Waals surface area contributed by atoms with Crippen LogP contribution in [-0.2, 0) is 19.4 Å². The molecule has 6 nitrogen and oxygen atoms in total. The smallest absolute Gasteiger partial charge is 0.336 e. The SMILES string of the molecule is CCCc1c(C(=O)N(CCCc2ccccc2)Cc2ccc(-c3ccccc3C(=O)O)cc2)cnn1-c1ccccc1. The fourth-order valence-electron chi connectivity index (χ4n) is 5.29. The van der Waals surface area contributed by atoms with E-state index >= 15 is 0 Å². The number of hydrogen-bond donors (Lipinski definition) is 1. The second-order valence-corrected chi connectivity index (χ2v) is 10.4. The Kier molecular flexibility index (Phi) is 9.24. The lowest BCUT2D eigenvalue weighted by Gasteiger charge is -2.23. The van der Waals surface area contributed by atoms with Crippen molar-refractivity contribution in [2.75, 3.05) is 6.54 Å². The number of para-hydroxylation sites is 1. The Labute approximate surface area is 246 Å². The third-order valence-corrected chi connectivity index (χ3v) is 7.41.